The maximum atomic E-state index is 12.9. The number of carbonyl (C=O) groups is 1. The van der Waals surface area contributed by atoms with Crippen LogP contribution in [0.5, 0.6) is 0 Å². The summed E-state index contributed by atoms with van der Waals surface area (Å²) < 4.78 is 40.4. The maximum Gasteiger partial charge on any atom is 0.241 e. The summed E-state index contributed by atoms with van der Waals surface area (Å²) in [6.45, 7) is 0.196. The van der Waals surface area contributed by atoms with E-state index in [1.807, 2.05) is 6.26 Å². The van der Waals surface area contributed by atoms with Crippen LogP contribution in [0.25, 0.3) is 0 Å². The molecule has 1 atom stereocenters. The average molecular weight is 397 g/mol. The molecule has 0 aliphatic rings. The summed E-state index contributed by atoms with van der Waals surface area (Å²) in [5, 5.41) is 2.70. The number of thioether (sulfide) groups is 1. The number of sulfonamides is 1. The van der Waals surface area contributed by atoms with Gasteiger partial charge in [0.15, 0.2) is 0 Å². The Labute approximate surface area is 157 Å². The predicted molar refractivity (Wildman–Crippen MR) is 102 cm³/mol. The normalized spacial score (nSPS) is 12.5. The van der Waals surface area contributed by atoms with Gasteiger partial charge in [-0.15, -0.1) is 0 Å². The van der Waals surface area contributed by atoms with Crippen LogP contribution in [0, 0.1) is 5.82 Å². The highest BCUT2D eigenvalue weighted by Crippen LogP contribution is 2.11. The highest BCUT2D eigenvalue weighted by atomic mass is 32.2. The van der Waals surface area contributed by atoms with E-state index in [1.54, 1.807) is 30.3 Å². The Morgan fingerprint density at radius 1 is 1.12 bits per heavy atom. The van der Waals surface area contributed by atoms with Crippen LogP contribution in [0.15, 0.2) is 59.5 Å². The molecule has 2 N–H and O–H groups in total. The lowest BCUT2D eigenvalue weighted by Gasteiger charge is -2.18. The smallest absolute Gasteiger partial charge is 0.241 e. The van der Waals surface area contributed by atoms with E-state index < -0.39 is 22.0 Å². The molecule has 26 heavy (non-hydrogen) atoms. The van der Waals surface area contributed by atoms with Gasteiger partial charge in [-0.25, -0.2) is 12.8 Å². The first-order valence-corrected chi connectivity index (χ1v) is 10.9. The van der Waals surface area contributed by atoms with E-state index in [0.717, 1.165) is 5.56 Å². The van der Waals surface area contributed by atoms with E-state index in [4.69, 9.17) is 0 Å². The monoisotopic (exact) mass is 396 g/mol. The lowest BCUT2D eigenvalue weighted by Crippen LogP contribution is -2.46. The minimum Gasteiger partial charge on any atom is -0.351 e. The Balaban J connectivity index is 2.05. The first-order valence-electron chi connectivity index (χ1n) is 8.01. The van der Waals surface area contributed by atoms with E-state index in [2.05, 4.69) is 10.0 Å². The Bertz CT molecular complexity index is 812. The number of amides is 1. The van der Waals surface area contributed by atoms with Crippen molar-refractivity contribution in [1.82, 2.24) is 10.0 Å². The van der Waals surface area contributed by atoms with E-state index in [0.29, 0.717) is 12.2 Å². The fourth-order valence-corrected chi connectivity index (χ4v) is 3.97. The van der Waals surface area contributed by atoms with Gasteiger partial charge in [0, 0.05) is 6.54 Å². The van der Waals surface area contributed by atoms with Crippen LogP contribution in [0.1, 0.15) is 12.0 Å². The molecule has 0 bridgehead atoms. The largest absolute Gasteiger partial charge is 0.351 e. The Kier molecular flexibility index (Phi) is 7.62. The van der Waals surface area contributed by atoms with Crippen molar-refractivity contribution in [3.8, 4) is 0 Å². The number of rotatable bonds is 9. The molecule has 0 aliphatic heterocycles. The third-order valence-electron chi connectivity index (χ3n) is 3.66. The van der Waals surface area contributed by atoms with Gasteiger partial charge < -0.3 is 5.32 Å². The third kappa shape index (κ3) is 6.12. The summed E-state index contributed by atoms with van der Waals surface area (Å²) >= 11 is 1.53. The molecule has 0 aliphatic carbocycles. The van der Waals surface area contributed by atoms with E-state index in [-0.39, 0.29) is 17.3 Å². The second-order valence-corrected chi connectivity index (χ2v) is 8.31. The fourth-order valence-electron chi connectivity index (χ4n) is 2.25. The lowest BCUT2D eigenvalue weighted by atomic mass is 10.2. The molecule has 0 spiro atoms. The summed E-state index contributed by atoms with van der Waals surface area (Å²) in [5.41, 5.74) is 0.731. The van der Waals surface area contributed by atoms with Gasteiger partial charge in [0.25, 0.3) is 0 Å². The molecule has 0 heterocycles. The number of halogens is 1. The Hall–Kier alpha value is -1.90. The quantitative estimate of drug-likeness (QED) is 0.683. The van der Waals surface area contributed by atoms with Crippen LogP contribution in [-0.4, -0.2) is 32.4 Å². The predicted octanol–water partition coefficient (Wildman–Crippen LogP) is 2.54. The van der Waals surface area contributed by atoms with E-state index >= 15 is 0 Å². The zero-order valence-corrected chi connectivity index (χ0v) is 15.9. The molecule has 8 heteroatoms. The summed E-state index contributed by atoms with van der Waals surface area (Å²) in [7, 11) is -3.79. The average Bonchev–Trinajstić information content (AvgIpc) is 2.65. The zero-order valence-electron chi connectivity index (χ0n) is 14.3. The minimum atomic E-state index is -3.79. The standard InChI is InChI=1S/C18H21FN2O3S2/c1-25-12-11-17(21-26(23,24)16-5-3-2-4-6-16)18(22)20-13-14-7-9-15(19)10-8-14/h2-10,17,21H,11-13H2,1H3,(H,20,22)/t17-/m0/s1. The van der Waals surface area contributed by atoms with Crippen LogP contribution in [0.2, 0.25) is 0 Å². The molecule has 0 aromatic heterocycles. The van der Waals surface area contributed by atoms with E-state index in [9.17, 15) is 17.6 Å². The van der Waals surface area contributed by atoms with Crippen molar-refractivity contribution in [2.45, 2.75) is 23.9 Å². The van der Waals surface area contributed by atoms with Gasteiger partial charge in [-0.05, 0) is 48.3 Å². The van der Waals surface area contributed by atoms with Crippen molar-refractivity contribution in [2.75, 3.05) is 12.0 Å². The SMILES string of the molecule is CSCC[C@H](NS(=O)(=O)c1ccccc1)C(=O)NCc1ccc(F)cc1. The molecule has 0 radical (unpaired) electrons. The van der Waals surface area contributed by atoms with Crippen molar-refractivity contribution in [1.29, 1.82) is 0 Å². The summed E-state index contributed by atoms with van der Waals surface area (Å²) in [6.07, 6.45) is 2.25. The van der Waals surface area contributed by atoms with Crippen LogP contribution in [-0.2, 0) is 21.4 Å². The van der Waals surface area contributed by atoms with Crippen molar-refractivity contribution in [3.63, 3.8) is 0 Å². The first kappa shape index (κ1) is 20.4. The van der Waals surface area contributed by atoms with Gasteiger partial charge in [-0.3, -0.25) is 4.79 Å². The molecule has 2 rings (SSSR count). The van der Waals surface area contributed by atoms with Crippen molar-refractivity contribution < 1.29 is 17.6 Å². The van der Waals surface area contributed by atoms with Crippen molar-refractivity contribution in [3.05, 3.63) is 66.0 Å². The molecule has 140 valence electrons. The zero-order chi connectivity index (χ0) is 19.0. The van der Waals surface area contributed by atoms with Crippen molar-refractivity contribution >= 4 is 27.7 Å². The number of carbonyl (C=O) groups excluding carboxylic acids is 1. The molecule has 2 aromatic carbocycles. The van der Waals surface area contributed by atoms with E-state index in [1.165, 1.54) is 36.0 Å². The Morgan fingerprint density at radius 3 is 2.38 bits per heavy atom. The molecule has 0 fully saturated rings. The summed E-state index contributed by atoms with van der Waals surface area (Å²) in [4.78, 5) is 12.6. The highest BCUT2D eigenvalue weighted by molar-refractivity contribution is 7.98. The third-order valence-corrected chi connectivity index (χ3v) is 5.79. The molecule has 5 nitrogen and oxygen atoms in total. The van der Waals surface area contributed by atoms with Crippen molar-refractivity contribution in [2.24, 2.45) is 0 Å². The lowest BCUT2D eigenvalue weighted by molar-refractivity contribution is -0.122. The summed E-state index contributed by atoms with van der Waals surface area (Å²) in [6, 6.07) is 12.8. The first-order chi connectivity index (χ1) is 12.4. The van der Waals surface area contributed by atoms with Crippen LogP contribution in [0.4, 0.5) is 4.39 Å². The molecular formula is C18H21FN2O3S2. The maximum absolute atomic E-state index is 12.9. The number of hydrogen-bond acceptors (Lipinski definition) is 4. The second-order valence-electron chi connectivity index (χ2n) is 5.61. The topological polar surface area (TPSA) is 75.3 Å². The van der Waals surface area contributed by atoms with Gasteiger partial charge in [0.1, 0.15) is 11.9 Å². The summed E-state index contributed by atoms with van der Waals surface area (Å²) in [5.74, 6) is -0.136. The minimum absolute atomic E-state index is 0.112. The second kappa shape index (κ2) is 9.70. The molecule has 0 saturated carbocycles. The van der Waals surface area contributed by atoms with Gasteiger partial charge in [0.05, 0.1) is 4.90 Å². The fraction of sp³-hybridized carbons (Fsp3) is 0.278. The molecular weight excluding hydrogens is 375 g/mol. The highest BCUT2D eigenvalue weighted by Gasteiger charge is 2.25. The number of hydrogen-bond donors (Lipinski definition) is 2. The number of benzene rings is 2. The molecule has 0 unspecified atom stereocenters. The van der Waals surface area contributed by atoms with Crippen LogP contribution in [0.3, 0.4) is 0 Å². The van der Waals surface area contributed by atoms with Gasteiger partial charge in [-0.2, -0.15) is 16.5 Å². The molecule has 2 aromatic rings. The molecule has 1 amide bonds. The van der Waals surface area contributed by atoms with Gasteiger partial charge >= 0.3 is 0 Å². The van der Waals surface area contributed by atoms with Crippen LogP contribution < -0.4 is 10.0 Å². The van der Waals surface area contributed by atoms with Gasteiger partial charge in [0.2, 0.25) is 15.9 Å². The molecule has 0 saturated heterocycles. The number of nitrogens with one attached hydrogen (secondary N) is 2. The van der Waals surface area contributed by atoms with Crippen LogP contribution >= 0.6 is 11.8 Å². The van der Waals surface area contributed by atoms with Gasteiger partial charge in [-0.1, -0.05) is 30.3 Å². The Morgan fingerprint density at radius 2 is 1.77 bits per heavy atom.